The summed E-state index contributed by atoms with van der Waals surface area (Å²) in [4.78, 5) is 3.61. The summed E-state index contributed by atoms with van der Waals surface area (Å²) in [7, 11) is 0. The van der Waals surface area contributed by atoms with E-state index in [2.05, 4.69) is 42.7 Å². The Kier molecular flexibility index (Phi) is 24.8. The number of aromatic amines is 1. The summed E-state index contributed by atoms with van der Waals surface area (Å²) in [6, 6.07) is 0. The maximum Gasteiger partial charge on any atom is 0.257 e. The molecule has 0 aliphatic heterocycles. The van der Waals surface area contributed by atoms with E-state index < -0.39 is 0 Å². The second kappa shape index (κ2) is 26.8. The van der Waals surface area contributed by atoms with Gasteiger partial charge >= 0.3 is 0 Å². The van der Waals surface area contributed by atoms with Crippen LogP contribution in [0.1, 0.15) is 206 Å². The first kappa shape index (κ1) is 34.2. The molecule has 2 nitrogen and oxygen atoms in total. The molecule has 0 aliphatic rings. The normalized spacial score (nSPS) is 12.4. The fourth-order valence-electron chi connectivity index (χ4n) is 6.06. The standard InChI is InChI=1S/C35H68N2/c1-4-7-9-11-13-15-17-19-21-23-25-27-29-31-34(35-36-32-33-37(35)6-3)30-28-26-24-22-20-18-16-14-12-10-8-5-2/h32-34H,4-31H2,1-3H3/p+1/t34-/m0/s1. The van der Waals surface area contributed by atoms with Gasteiger partial charge in [0, 0.05) is 0 Å². The molecular formula is C35H69N2+. The van der Waals surface area contributed by atoms with Crippen LogP contribution >= 0.6 is 0 Å². The highest BCUT2D eigenvalue weighted by Crippen LogP contribution is 2.26. The smallest absolute Gasteiger partial charge is 0.247 e. The first-order valence-corrected chi connectivity index (χ1v) is 17.4. The minimum atomic E-state index is 0.728. The molecule has 0 radical (unpaired) electrons. The van der Waals surface area contributed by atoms with Crippen molar-refractivity contribution < 1.29 is 4.57 Å². The molecule has 0 spiro atoms. The van der Waals surface area contributed by atoms with E-state index >= 15 is 0 Å². The lowest BCUT2D eigenvalue weighted by atomic mass is 9.93. The highest BCUT2D eigenvalue weighted by atomic mass is 15.1. The molecule has 0 aliphatic carbocycles. The van der Waals surface area contributed by atoms with Gasteiger partial charge in [0.15, 0.2) is 0 Å². The monoisotopic (exact) mass is 518 g/mol. The van der Waals surface area contributed by atoms with Gasteiger partial charge in [-0.1, -0.05) is 174 Å². The molecule has 0 amide bonds. The predicted molar refractivity (Wildman–Crippen MR) is 165 cm³/mol. The van der Waals surface area contributed by atoms with E-state index in [9.17, 15) is 0 Å². The molecule has 37 heavy (non-hydrogen) atoms. The molecule has 218 valence electrons. The number of rotatable bonds is 29. The quantitative estimate of drug-likeness (QED) is 0.0805. The molecule has 0 aromatic carbocycles. The molecule has 0 saturated heterocycles. The zero-order chi connectivity index (χ0) is 26.7. The maximum absolute atomic E-state index is 3.61. The minimum absolute atomic E-state index is 0.728. The van der Waals surface area contributed by atoms with E-state index in [0.29, 0.717) is 0 Å². The minimum Gasteiger partial charge on any atom is -0.247 e. The molecule has 1 aromatic rings. The van der Waals surface area contributed by atoms with Crippen molar-refractivity contribution in [2.75, 3.05) is 0 Å². The van der Waals surface area contributed by atoms with Gasteiger partial charge in [-0.15, -0.1) is 0 Å². The van der Waals surface area contributed by atoms with Crippen molar-refractivity contribution in [1.29, 1.82) is 0 Å². The molecule has 1 rings (SSSR count). The Morgan fingerprint density at radius 1 is 0.486 bits per heavy atom. The van der Waals surface area contributed by atoms with Gasteiger partial charge in [-0.05, 0) is 19.8 Å². The number of hydrogen-bond donors (Lipinski definition) is 1. The van der Waals surface area contributed by atoms with Crippen LogP contribution < -0.4 is 4.57 Å². The SMILES string of the molecule is CCCCCCCCCCCCCCC[C@H](CCCCCCCCCCCCCC)c1[nH]cc[n+]1CC. The summed E-state index contributed by atoms with van der Waals surface area (Å²) in [5, 5.41) is 0. The largest absolute Gasteiger partial charge is 0.257 e. The van der Waals surface area contributed by atoms with Crippen LogP contribution in [0.3, 0.4) is 0 Å². The van der Waals surface area contributed by atoms with E-state index in [1.807, 2.05) is 0 Å². The molecule has 1 N–H and O–H groups in total. The fourth-order valence-corrected chi connectivity index (χ4v) is 6.06. The van der Waals surface area contributed by atoms with Crippen LogP contribution in [-0.2, 0) is 6.54 Å². The molecule has 2 heteroatoms. The molecule has 1 atom stereocenters. The molecular weight excluding hydrogens is 448 g/mol. The van der Waals surface area contributed by atoms with Gasteiger partial charge < -0.3 is 0 Å². The number of hydrogen-bond acceptors (Lipinski definition) is 0. The Hall–Kier alpha value is -0.790. The lowest BCUT2D eigenvalue weighted by Gasteiger charge is -2.14. The van der Waals surface area contributed by atoms with Crippen molar-refractivity contribution in [3.63, 3.8) is 0 Å². The van der Waals surface area contributed by atoms with E-state index in [1.165, 1.54) is 179 Å². The van der Waals surface area contributed by atoms with Crippen LogP contribution in [0.5, 0.6) is 0 Å². The summed E-state index contributed by atoms with van der Waals surface area (Å²) < 4.78 is 2.45. The number of aryl methyl sites for hydroxylation is 1. The summed E-state index contributed by atoms with van der Waals surface area (Å²) in [5.74, 6) is 2.22. The van der Waals surface area contributed by atoms with Gasteiger partial charge in [0.2, 0.25) is 0 Å². The lowest BCUT2D eigenvalue weighted by Crippen LogP contribution is -2.36. The van der Waals surface area contributed by atoms with Gasteiger partial charge in [-0.2, -0.15) is 0 Å². The summed E-state index contributed by atoms with van der Waals surface area (Å²) in [6.07, 6.45) is 43.2. The molecule has 1 aromatic heterocycles. The molecule has 0 saturated carbocycles. The third kappa shape index (κ3) is 19.9. The van der Waals surface area contributed by atoms with E-state index in [0.717, 1.165) is 12.5 Å². The van der Waals surface area contributed by atoms with Crippen molar-refractivity contribution in [1.82, 2.24) is 4.98 Å². The number of H-pyrrole nitrogens is 1. The Balaban J connectivity index is 2.09. The van der Waals surface area contributed by atoms with Crippen molar-refractivity contribution in [2.24, 2.45) is 0 Å². The third-order valence-corrected chi connectivity index (χ3v) is 8.58. The first-order valence-electron chi connectivity index (χ1n) is 17.4. The maximum atomic E-state index is 3.61. The average Bonchev–Trinajstić information content (AvgIpc) is 3.39. The topological polar surface area (TPSA) is 19.7 Å². The van der Waals surface area contributed by atoms with Gasteiger partial charge in [-0.25, -0.2) is 9.55 Å². The molecule has 0 fully saturated rings. The number of aromatic nitrogens is 2. The highest BCUT2D eigenvalue weighted by molar-refractivity contribution is 4.90. The third-order valence-electron chi connectivity index (χ3n) is 8.58. The number of nitrogens with zero attached hydrogens (tertiary/aromatic N) is 1. The predicted octanol–water partition coefficient (Wildman–Crippen LogP) is 12.0. The number of nitrogens with one attached hydrogen (secondary N) is 1. The van der Waals surface area contributed by atoms with Crippen molar-refractivity contribution >= 4 is 0 Å². The molecule has 1 heterocycles. The zero-order valence-electron chi connectivity index (χ0n) is 26.0. The van der Waals surface area contributed by atoms with E-state index in [1.54, 1.807) is 0 Å². The Bertz CT molecular complexity index is 563. The van der Waals surface area contributed by atoms with Crippen LogP contribution in [-0.4, -0.2) is 4.98 Å². The van der Waals surface area contributed by atoms with Crippen LogP contribution in [0.25, 0.3) is 0 Å². The first-order chi connectivity index (χ1) is 18.3. The van der Waals surface area contributed by atoms with Gasteiger partial charge in [0.25, 0.3) is 5.82 Å². The summed E-state index contributed by atoms with van der Waals surface area (Å²) in [5.41, 5.74) is 0. The van der Waals surface area contributed by atoms with E-state index in [-0.39, 0.29) is 0 Å². The fraction of sp³-hybridized carbons (Fsp3) is 0.914. The number of unbranched alkanes of at least 4 members (excludes halogenated alkanes) is 23. The lowest BCUT2D eigenvalue weighted by molar-refractivity contribution is -0.701. The Labute approximate surface area is 234 Å². The molecule has 0 bridgehead atoms. The van der Waals surface area contributed by atoms with Gasteiger partial charge in [0.05, 0.1) is 12.5 Å². The van der Waals surface area contributed by atoms with Crippen LogP contribution in [0.15, 0.2) is 12.4 Å². The average molecular weight is 518 g/mol. The van der Waals surface area contributed by atoms with Gasteiger partial charge in [0.1, 0.15) is 12.4 Å². The second-order valence-electron chi connectivity index (χ2n) is 12.0. The Morgan fingerprint density at radius 2 is 0.811 bits per heavy atom. The van der Waals surface area contributed by atoms with Crippen molar-refractivity contribution in [2.45, 2.75) is 207 Å². The van der Waals surface area contributed by atoms with Crippen molar-refractivity contribution in [3.05, 3.63) is 18.2 Å². The zero-order valence-corrected chi connectivity index (χ0v) is 26.0. The van der Waals surface area contributed by atoms with Crippen LogP contribution in [0.2, 0.25) is 0 Å². The van der Waals surface area contributed by atoms with Crippen LogP contribution in [0, 0.1) is 0 Å². The summed E-state index contributed by atoms with van der Waals surface area (Å²) >= 11 is 0. The van der Waals surface area contributed by atoms with Crippen molar-refractivity contribution in [3.8, 4) is 0 Å². The highest BCUT2D eigenvalue weighted by Gasteiger charge is 2.21. The Morgan fingerprint density at radius 3 is 1.14 bits per heavy atom. The van der Waals surface area contributed by atoms with E-state index in [4.69, 9.17) is 0 Å². The van der Waals surface area contributed by atoms with Gasteiger partial charge in [-0.3, -0.25) is 0 Å². The number of imidazole rings is 1. The second-order valence-corrected chi connectivity index (χ2v) is 12.0. The molecule has 0 unspecified atom stereocenters. The summed E-state index contributed by atoms with van der Waals surface area (Å²) in [6.45, 7) is 7.99. The van der Waals surface area contributed by atoms with Crippen LogP contribution in [0.4, 0.5) is 0 Å².